The molecule has 1 aliphatic carbocycles. The third-order valence-corrected chi connectivity index (χ3v) is 13.1. The number of phosphoric acid groups is 3. The number of carbonyl (C=O) groups is 2. The van der Waals surface area contributed by atoms with E-state index in [1.54, 1.807) is 0 Å². The standard InChI is InChI=1S/C47H85O19P3/c1-3-5-7-9-11-13-15-17-19-20-22-24-26-28-30-32-34-36-41(49)63-39(37-61-40(48)35-33-31-29-27-25-23-21-18-16-14-12-10-8-6-4-2)38-62-69(59,60)66-45-42(50)43(51)46(64-67(53,54)55)47(44(45)52)65-68(56,57)58/h14,16-17,19,22,24,28,30,39,42-47,50-52H,3-13,15,18,20-21,23,25-27,29,31-38H2,1-2H3,(H,59,60)(H2,53,54,55)(H2,56,57,58)/b16-14-,19-17-,24-22-,30-28-/t39-,42?,43?,44?,45+,46?,47+/m1/s1. The second-order valence-electron chi connectivity index (χ2n) is 17.4. The van der Waals surface area contributed by atoms with E-state index in [9.17, 15) is 63.1 Å². The zero-order valence-corrected chi connectivity index (χ0v) is 43.6. The first kappa shape index (κ1) is 65.1. The van der Waals surface area contributed by atoms with Gasteiger partial charge in [0.25, 0.3) is 0 Å². The van der Waals surface area contributed by atoms with Crippen molar-refractivity contribution in [2.24, 2.45) is 0 Å². The summed E-state index contributed by atoms with van der Waals surface area (Å²) < 4.78 is 65.5. The second-order valence-corrected chi connectivity index (χ2v) is 21.2. The highest BCUT2D eigenvalue weighted by Crippen LogP contribution is 2.51. The number of carbonyl (C=O) groups excluding carboxylic acids is 2. The van der Waals surface area contributed by atoms with Crippen molar-refractivity contribution in [1.29, 1.82) is 0 Å². The van der Waals surface area contributed by atoms with E-state index in [1.165, 1.54) is 64.2 Å². The van der Waals surface area contributed by atoms with E-state index in [2.05, 4.69) is 59.4 Å². The Hall–Kier alpha value is -1.89. The largest absolute Gasteiger partial charge is 0.472 e. The normalized spacial score (nSPS) is 21.7. The molecule has 0 bridgehead atoms. The monoisotopic (exact) mass is 1050 g/mol. The first-order valence-corrected chi connectivity index (χ1v) is 29.5. The van der Waals surface area contributed by atoms with Gasteiger partial charge >= 0.3 is 35.4 Å². The van der Waals surface area contributed by atoms with Crippen LogP contribution in [0.4, 0.5) is 0 Å². The predicted molar refractivity (Wildman–Crippen MR) is 261 cm³/mol. The molecule has 0 radical (unpaired) electrons. The van der Waals surface area contributed by atoms with Crippen LogP contribution in [0.25, 0.3) is 0 Å². The molecule has 0 heterocycles. The Bertz CT molecular complexity index is 1630. The average molecular weight is 1050 g/mol. The quantitative estimate of drug-likeness (QED) is 0.0122. The molecule has 0 aromatic carbocycles. The van der Waals surface area contributed by atoms with E-state index in [-0.39, 0.29) is 12.8 Å². The predicted octanol–water partition coefficient (Wildman–Crippen LogP) is 9.40. The van der Waals surface area contributed by atoms with Gasteiger partial charge in [0.1, 0.15) is 43.2 Å². The Morgan fingerprint density at radius 3 is 1.36 bits per heavy atom. The van der Waals surface area contributed by atoms with Gasteiger partial charge in [0.15, 0.2) is 6.10 Å². The lowest BCUT2D eigenvalue weighted by atomic mass is 9.85. The molecule has 402 valence electrons. The molecule has 8 N–H and O–H groups in total. The lowest BCUT2D eigenvalue weighted by molar-refractivity contribution is -0.213. The summed E-state index contributed by atoms with van der Waals surface area (Å²) >= 11 is 0. The molecule has 5 unspecified atom stereocenters. The minimum atomic E-state index is -5.61. The van der Waals surface area contributed by atoms with Gasteiger partial charge in [0, 0.05) is 12.8 Å². The third kappa shape index (κ3) is 35.0. The van der Waals surface area contributed by atoms with Crippen molar-refractivity contribution in [3.8, 4) is 0 Å². The molecule has 8 atom stereocenters. The van der Waals surface area contributed by atoms with Gasteiger partial charge < -0.3 is 49.3 Å². The fraction of sp³-hybridized carbons (Fsp3) is 0.787. The fourth-order valence-corrected chi connectivity index (χ4v) is 9.45. The van der Waals surface area contributed by atoms with Crippen molar-refractivity contribution in [3.63, 3.8) is 0 Å². The number of hydrogen-bond acceptors (Lipinski definition) is 14. The van der Waals surface area contributed by atoms with Crippen molar-refractivity contribution in [2.45, 2.75) is 224 Å². The first-order valence-electron chi connectivity index (χ1n) is 24.9. The van der Waals surface area contributed by atoms with E-state index in [0.29, 0.717) is 25.7 Å². The molecule has 1 saturated carbocycles. The van der Waals surface area contributed by atoms with Gasteiger partial charge in [-0.05, 0) is 70.6 Å². The molecule has 69 heavy (non-hydrogen) atoms. The molecule has 0 aromatic heterocycles. The van der Waals surface area contributed by atoms with Crippen molar-refractivity contribution < 1.29 is 90.6 Å². The molecule has 1 fully saturated rings. The van der Waals surface area contributed by atoms with Crippen LogP contribution in [0.15, 0.2) is 48.6 Å². The number of aliphatic hydroxyl groups is 3. The van der Waals surface area contributed by atoms with Crippen LogP contribution in [0.3, 0.4) is 0 Å². The van der Waals surface area contributed by atoms with E-state index < -0.39 is 91.3 Å². The highest BCUT2D eigenvalue weighted by Gasteiger charge is 2.56. The number of ether oxygens (including phenoxy) is 2. The van der Waals surface area contributed by atoms with E-state index in [4.69, 9.17) is 18.5 Å². The molecule has 1 rings (SSSR count). The molecule has 1 aliphatic rings. The molecule has 0 aromatic rings. The van der Waals surface area contributed by atoms with Crippen LogP contribution in [-0.4, -0.2) is 108 Å². The number of allylic oxidation sites excluding steroid dienone is 8. The molecule has 22 heteroatoms. The van der Waals surface area contributed by atoms with Gasteiger partial charge in [-0.25, -0.2) is 13.7 Å². The van der Waals surface area contributed by atoms with Crippen LogP contribution in [-0.2, 0) is 50.9 Å². The SMILES string of the molecule is CCCCCC/C=C\CCCCCCCCCC(=O)OC[C@H](COP(=O)(O)O[C@H]1C(O)C(O)C(OP(=O)(O)O)[C@@H](OP(=O)(O)O)C1O)OC(=O)CCC/C=C\C/C=C\C/C=C\CCCCCCCC. The summed E-state index contributed by atoms with van der Waals surface area (Å²) in [4.78, 5) is 73.2. The molecule has 0 aliphatic heterocycles. The number of aliphatic hydroxyl groups excluding tert-OH is 3. The molecular formula is C47H85O19P3. The van der Waals surface area contributed by atoms with Crippen molar-refractivity contribution in [1.82, 2.24) is 0 Å². The highest BCUT2D eigenvalue weighted by atomic mass is 31.2. The van der Waals surface area contributed by atoms with E-state index >= 15 is 0 Å². The molecular weight excluding hydrogens is 961 g/mol. The molecule has 19 nitrogen and oxygen atoms in total. The first-order chi connectivity index (χ1) is 32.8. The summed E-state index contributed by atoms with van der Waals surface area (Å²) in [7, 11) is -16.6. The second kappa shape index (κ2) is 38.7. The number of rotatable bonds is 42. The zero-order chi connectivity index (χ0) is 51.4. The van der Waals surface area contributed by atoms with Crippen molar-refractivity contribution in [2.75, 3.05) is 13.2 Å². The number of unbranched alkanes of at least 4 members (excludes halogenated alkanes) is 18. The summed E-state index contributed by atoms with van der Waals surface area (Å²) in [6.07, 6.45) is 25.6. The van der Waals surface area contributed by atoms with Crippen LogP contribution in [0.1, 0.15) is 181 Å². The Labute approximate surface area is 410 Å². The topological polar surface area (TPSA) is 303 Å². The maximum Gasteiger partial charge on any atom is 0.472 e. The number of phosphoric ester groups is 3. The maximum atomic E-state index is 13.1. The van der Waals surface area contributed by atoms with Gasteiger partial charge in [0.05, 0.1) is 6.61 Å². The van der Waals surface area contributed by atoms with Crippen LogP contribution in [0.5, 0.6) is 0 Å². The maximum absolute atomic E-state index is 13.1. The lowest BCUT2D eigenvalue weighted by Gasteiger charge is -2.44. The van der Waals surface area contributed by atoms with Crippen LogP contribution in [0, 0.1) is 0 Å². The summed E-state index contributed by atoms with van der Waals surface area (Å²) in [5.41, 5.74) is 0. The van der Waals surface area contributed by atoms with Crippen LogP contribution in [0.2, 0.25) is 0 Å². The van der Waals surface area contributed by atoms with Gasteiger partial charge in [-0.2, -0.15) is 0 Å². The Morgan fingerprint density at radius 1 is 0.464 bits per heavy atom. The average Bonchev–Trinajstić information content (AvgIpc) is 3.28. The van der Waals surface area contributed by atoms with Gasteiger partial charge in [0.2, 0.25) is 0 Å². The van der Waals surface area contributed by atoms with Crippen molar-refractivity contribution in [3.05, 3.63) is 48.6 Å². The van der Waals surface area contributed by atoms with Gasteiger partial charge in [-0.15, -0.1) is 0 Å². The minimum Gasteiger partial charge on any atom is -0.462 e. The zero-order valence-electron chi connectivity index (χ0n) is 40.9. The number of esters is 2. The van der Waals surface area contributed by atoms with Crippen LogP contribution >= 0.6 is 23.5 Å². The number of hydrogen-bond donors (Lipinski definition) is 8. The smallest absolute Gasteiger partial charge is 0.462 e. The Balaban J connectivity index is 2.75. The summed E-state index contributed by atoms with van der Waals surface area (Å²) in [5, 5.41) is 31.9. The molecule has 0 amide bonds. The van der Waals surface area contributed by atoms with Gasteiger partial charge in [-0.1, -0.05) is 146 Å². The lowest BCUT2D eigenvalue weighted by Crippen LogP contribution is -2.65. The third-order valence-electron chi connectivity index (χ3n) is 11.1. The minimum absolute atomic E-state index is 0.0635. The fourth-order valence-electron chi connectivity index (χ4n) is 7.36. The summed E-state index contributed by atoms with van der Waals surface area (Å²) in [6.45, 7) is 2.89. The summed E-state index contributed by atoms with van der Waals surface area (Å²) in [6, 6.07) is 0. The molecule has 0 spiro atoms. The van der Waals surface area contributed by atoms with Crippen molar-refractivity contribution >= 4 is 35.4 Å². The van der Waals surface area contributed by atoms with E-state index in [1.807, 2.05) is 12.2 Å². The Kier molecular flexibility index (Phi) is 36.5. The molecule has 0 saturated heterocycles. The highest BCUT2D eigenvalue weighted by molar-refractivity contribution is 7.47. The van der Waals surface area contributed by atoms with Crippen LogP contribution < -0.4 is 0 Å². The summed E-state index contributed by atoms with van der Waals surface area (Å²) in [5.74, 6) is -1.36. The van der Waals surface area contributed by atoms with E-state index in [0.717, 1.165) is 64.2 Å². The van der Waals surface area contributed by atoms with Gasteiger partial charge in [-0.3, -0.25) is 27.7 Å². The Morgan fingerprint density at radius 2 is 0.855 bits per heavy atom.